The molecule has 1 N–H and O–H groups in total. The van der Waals surface area contributed by atoms with Crippen LogP contribution in [-0.4, -0.2) is 16.9 Å². The molecule has 3 rings (SSSR count). The number of carbonyl (C=O) groups is 2. The molecule has 0 unspecified atom stereocenters. The van der Waals surface area contributed by atoms with E-state index in [1.807, 2.05) is 19.1 Å². The van der Waals surface area contributed by atoms with Crippen molar-refractivity contribution in [2.75, 3.05) is 0 Å². The van der Waals surface area contributed by atoms with Crippen molar-refractivity contribution >= 4 is 17.8 Å². The third-order valence-electron chi connectivity index (χ3n) is 3.76. The minimum Gasteiger partial charge on any atom is -0.478 e. The Balaban J connectivity index is 1.77. The first-order chi connectivity index (χ1) is 12.0. The van der Waals surface area contributed by atoms with Crippen LogP contribution in [0.2, 0.25) is 0 Å². The molecular formula is C21H16O4. The maximum absolute atomic E-state index is 12.1. The van der Waals surface area contributed by atoms with Crippen LogP contribution < -0.4 is 0 Å². The predicted octanol–water partition coefficient (Wildman–Crippen LogP) is 4.85. The molecular weight excluding hydrogens is 316 g/mol. The van der Waals surface area contributed by atoms with Crippen LogP contribution in [0.5, 0.6) is 0 Å². The zero-order valence-corrected chi connectivity index (χ0v) is 13.6. The summed E-state index contributed by atoms with van der Waals surface area (Å²) < 4.78 is 5.68. The van der Waals surface area contributed by atoms with E-state index < -0.39 is 5.97 Å². The van der Waals surface area contributed by atoms with Crippen molar-refractivity contribution in [3.63, 3.8) is 0 Å². The van der Waals surface area contributed by atoms with Crippen LogP contribution in [0.1, 0.15) is 32.0 Å². The summed E-state index contributed by atoms with van der Waals surface area (Å²) in [6, 6.07) is 17.3. The minimum absolute atomic E-state index is 0.106. The van der Waals surface area contributed by atoms with Crippen molar-refractivity contribution in [3.05, 3.63) is 89.2 Å². The second kappa shape index (κ2) is 7.01. The number of aryl methyl sites for hydroxylation is 1. The molecule has 0 saturated carbocycles. The highest BCUT2D eigenvalue weighted by atomic mass is 16.4. The number of furan rings is 1. The van der Waals surface area contributed by atoms with E-state index >= 15 is 0 Å². The lowest BCUT2D eigenvalue weighted by Gasteiger charge is -1.99. The number of allylic oxidation sites excluding steroid dienone is 1. The Hall–Kier alpha value is -3.40. The van der Waals surface area contributed by atoms with E-state index in [1.165, 1.54) is 12.1 Å². The monoisotopic (exact) mass is 332 g/mol. The zero-order chi connectivity index (χ0) is 17.8. The van der Waals surface area contributed by atoms with E-state index in [-0.39, 0.29) is 11.3 Å². The van der Waals surface area contributed by atoms with Gasteiger partial charge in [-0.2, -0.15) is 0 Å². The van der Waals surface area contributed by atoms with Crippen LogP contribution in [0.25, 0.3) is 17.4 Å². The lowest BCUT2D eigenvalue weighted by Crippen LogP contribution is -1.95. The van der Waals surface area contributed by atoms with Crippen molar-refractivity contribution in [3.8, 4) is 11.3 Å². The SMILES string of the molecule is Cc1ccc(C(=O)/C=C/c2ccc(-c3cccc(C(=O)O)c3)o2)cc1. The highest BCUT2D eigenvalue weighted by Crippen LogP contribution is 2.24. The number of carbonyl (C=O) groups excluding carboxylic acids is 1. The lowest BCUT2D eigenvalue weighted by molar-refractivity contribution is 0.0696. The highest BCUT2D eigenvalue weighted by Gasteiger charge is 2.08. The van der Waals surface area contributed by atoms with Gasteiger partial charge < -0.3 is 9.52 Å². The molecule has 0 radical (unpaired) electrons. The molecule has 25 heavy (non-hydrogen) atoms. The van der Waals surface area contributed by atoms with Gasteiger partial charge in [0.1, 0.15) is 11.5 Å². The smallest absolute Gasteiger partial charge is 0.335 e. The molecule has 0 fully saturated rings. The molecule has 3 aromatic rings. The van der Waals surface area contributed by atoms with E-state index in [2.05, 4.69) is 0 Å². The van der Waals surface area contributed by atoms with E-state index in [0.29, 0.717) is 22.6 Å². The first-order valence-corrected chi connectivity index (χ1v) is 7.75. The van der Waals surface area contributed by atoms with Crippen molar-refractivity contribution in [1.82, 2.24) is 0 Å². The second-order valence-corrected chi connectivity index (χ2v) is 5.65. The first-order valence-electron chi connectivity index (χ1n) is 7.75. The van der Waals surface area contributed by atoms with Crippen molar-refractivity contribution in [2.24, 2.45) is 0 Å². The van der Waals surface area contributed by atoms with Gasteiger partial charge in [0.2, 0.25) is 0 Å². The topological polar surface area (TPSA) is 67.5 Å². The molecule has 0 bridgehead atoms. The normalized spacial score (nSPS) is 10.9. The summed E-state index contributed by atoms with van der Waals surface area (Å²) in [6.07, 6.45) is 3.06. The summed E-state index contributed by atoms with van der Waals surface area (Å²) >= 11 is 0. The summed E-state index contributed by atoms with van der Waals surface area (Å²) in [5.74, 6) is -0.0234. The maximum Gasteiger partial charge on any atom is 0.335 e. The number of hydrogen-bond donors (Lipinski definition) is 1. The van der Waals surface area contributed by atoms with Crippen LogP contribution >= 0.6 is 0 Å². The summed E-state index contributed by atoms with van der Waals surface area (Å²) in [5, 5.41) is 9.05. The second-order valence-electron chi connectivity index (χ2n) is 5.65. The number of aromatic carboxylic acids is 1. The molecule has 0 aliphatic heterocycles. The van der Waals surface area contributed by atoms with Gasteiger partial charge in [0.15, 0.2) is 5.78 Å². The van der Waals surface area contributed by atoms with Gasteiger partial charge in [0, 0.05) is 11.1 Å². The number of rotatable bonds is 5. The van der Waals surface area contributed by atoms with Gasteiger partial charge in [0.25, 0.3) is 0 Å². The van der Waals surface area contributed by atoms with Crippen LogP contribution in [0, 0.1) is 6.92 Å². The van der Waals surface area contributed by atoms with E-state index in [1.54, 1.807) is 48.5 Å². The largest absolute Gasteiger partial charge is 0.478 e. The average molecular weight is 332 g/mol. The number of hydrogen-bond acceptors (Lipinski definition) is 3. The maximum atomic E-state index is 12.1. The van der Waals surface area contributed by atoms with Gasteiger partial charge in [0.05, 0.1) is 5.56 Å². The van der Waals surface area contributed by atoms with Crippen LogP contribution in [0.15, 0.2) is 71.2 Å². The number of carboxylic acid groups (broad SMARTS) is 1. The third kappa shape index (κ3) is 3.93. The highest BCUT2D eigenvalue weighted by molar-refractivity contribution is 6.06. The molecule has 2 aromatic carbocycles. The van der Waals surface area contributed by atoms with Crippen molar-refractivity contribution in [1.29, 1.82) is 0 Å². The lowest BCUT2D eigenvalue weighted by atomic mass is 10.1. The molecule has 0 atom stereocenters. The summed E-state index contributed by atoms with van der Waals surface area (Å²) in [6.45, 7) is 1.97. The van der Waals surface area contributed by atoms with Gasteiger partial charge in [-0.3, -0.25) is 4.79 Å². The Morgan fingerprint density at radius 1 is 0.960 bits per heavy atom. The fraction of sp³-hybridized carbons (Fsp3) is 0.0476. The predicted molar refractivity (Wildman–Crippen MR) is 95.6 cm³/mol. The van der Waals surface area contributed by atoms with E-state index in [0.717, 1.165) is 5.56 Å². The number of benzene rings is 2. The van der Waals surface area contributed by atoms with Gasteiger partial charge in [-0.05, 0) is 43.3 Å². The quantitative estimate of drug-likeness (QED) is 0.536. The summed E-state index contributed by atoms with van der Waals surface area (Å²) in [5.41, 5.74) is 2.58. The molecule has 124 valence electrons. The summed E-state index contributed by atoms with van der Waals surface area (Å²) in [7, 11) is 0. The molecule has 4 nitrogen and oxygen atoms in total. The fourth-order valence-electron chi connectivity index (χ4n) is 2.37. The molecule has 4 heteroatoms. The molecule has 0 amide bonds. The van der Waals surface area contributed by atoms with Gasteiger partial charge >= 0.3 is 5.97 Å². The van der Waals surface area contributed by atoms with Gasteiger partial charge in [-0.25, -0.2) is 4.79 Å². The van der Waals surface area contributed by atoms with Gasteiger partial charge in [-0.15, -0.1) is 0 Å². The Labute approximate surface area is 145 Å². The molecule has 1 heterocycles. The van der Waals surface area contributed by atoms with Crippen LogP contribution in [0.4, 0.5) is 0 Å². The van der Waals surface area contributed by atoms with Crippen molar-refractivity contribution in [2.45, 2.75) is 6.92 Å². The Kier molecular flexibility index (Phi) is 4.61. The van der Waals surface area contributed by atoms with Crippen LogP contribution in [0.3, 0.4) is 0 Å². The first kappa shape index (κ1) is 16.5. The van der Waals surface area contributed by atoms with E-state index in [4.69, 9.17) is 9.52 Å². The Morgan fingerprint density at radius 2 is 1.72 bits per heavy atom. The third-order valence-corrected chi connectivity index (χ3v) is 3.76. The molecule has 0 saturated heterocycles. The molecule has 0 aliphatic carbocycles. The molecule has 0 spiro atoms. The Morgan fingerprint density at radius 3 is 2.44 bits per heavy atom. The average Bonchev–Trinajstić information content (AvgIpc) is 3.09. The number of carboxylic acids is 1. The van der Waals surface area contributed by atoms with Crippen molar-refractivity contribution < 1.29 is 19.1 Å². The zero-order valence-electron chi connectivity index (χ0n) is 13.6. The molecule has 0 aliphatic rings. The van der Waals surface area contributed by atoms with Gasteiger partial charge in [-0.1, -0.05) is 42.0 Å². The Bertz CT molecular complexity index is 946. The van der Waals surface area contributed by atoms with Crippen LogP contribution in [-0.2, 0) is 0 Å². The standard InChI is InChI=1S/C21H16O4/c1-14-5-7-15(8-6-14)19(22)11-9-18-10-12-20(25-18)16-3-2-4-17(13-16)21(23)24/h2-13H,1H3,(H,23,24)/b11-9+. The fourth-order valence-corrected chi connectivity index (χ4v) is 2.37. The molecule has 1 aromatic heterocycles. The minimum atomic E-state index is -0.989. The van der Waals surface area contributed by atoms with E-state index in [9.17, 15) is 9.59 Å². The summed E-state index contributed by atoms with van der Waals surface area (Å²) in [4.78, 5) is 23.2. The number of ketones is 1.